The van der Waals surface area contributed by atoms with Gasteiger partial charge in [0.2, 0.25) is 0 Å². The third-order valence-electron chi connectivity index (χ3n) is 4.30. The smallest absolute Gasteiger partial charge is 0.157 e. The van der Waals surface area contributed by atoms with Crippen LogP contribution < -0.4 is 5.32 Å². The summed E-state index contributed by atoms with van der Waals surface area (Å²) in [6.45, 7) is 2.15. The molecular weight excluding hydrogens is 288 g/mol. The van der Waals surface area contributed by atoms with Gasteiger partial charge in [-0.3, -0.25) is 4.99 Å². The molecule has 108 valence electrons. The van der Waals surface area contributed by atoms with Crippen molar-refractivity contribution in [1.82, 2.24) is 5.32 Å². The van der Waals surface area contributed by atoms with Crippen molar-refractivity contribution in [2.75, 3.05) is 5.75 Å². The van der Waals surface area contributed by atoms with E-state index in [1.54, 1.807) is 0 Å². The van der Waals surface area contributed by atoms with Crippen LogP contribution in [0.2, 0.25) is 5.02 Å². The van der Waals surface area contributed by atoms with E-state index >= 15 is 0 Å². The molecule has 3 rings (SSSR count). The van der Waals surface area contributed by atoms with Gasteiger partial charge >= 0.3 is 0 Å². The standard InChI is InChI=1S/C16H21ClN2S/c1-11(13-7-3-4-8-14(13)17)18-16-19-15-9-5-2-6-12(15)10-20-16/h3-4,7-8,11-12,15H,2,5-6,9-10H2,1H3,(H,18,19). The molecular formula is C16H21ClN2S. The van der Waals surface area contributed by atoms with Gasteiger partial charge in [0.25, 0.3) is 0 Å². The van der Waals surface area contributed by atoms with Crippen molar-refractivity contribution in [1.29, 1.82) is 0 Å². The molecule has 1 saturated carbocycles. The van der Waals surface area contributed by atoms with Crippen LogP contribution in [0.4, 0.5) is 0 Å². The minimum absolute atomic E-state index is 0.204. The molecule has 1 aromatic carbocycles. The molecule has 3 atom stereocenters. The molecule has 1 N–H and O–H groups in total. The normalized spacial score (nSPS) is 27.4. The van der Waals surface area contributed by atoms with Crippen molar-refractivity contribution in [2.24, 2.45) is 10.9 Å². The predicted molar refractivity (Wildman–Crippen MR) is 88.6 cm³/mol. The molecule has 20 heavy (non-hydrogen) atoms. The molecule has 1 aromatic rings. The zero-order chi connectivity index (χ0) is 13.9. The maximum Gasteiger partial charge on any atom is 0.157 e. The number of amidine groups is 1. The summed E-state index contributed by atoms with van der Waals surface area (Å²) < 4.78 is 0. The van der Waals surface area contributed by atoms with Crippen LogP contribution in [0.1, 0.15) is 44.2 Å². The summed E-state index contributed by atoms with van der Waals surface area (Å²) in [5.74, 6) is 2.01. The quantitative estimate of drug-likeness (QED) is 0.860. The monoisotopic (exact) mass is 308 g/mol. The fourth-order valence-corrected chi connectivity index (χ4v) is 4.62. The van der Waals surface area contributed by atoms with E-state index in [4.69, 9.17) is 16.6 Å². The molecule has 1 aliphatic heterocycles. The van der Waals surface area contributed by atoms with Crippen molar-refractivity contribution in [3.8, 4) is 0 Å². The van der Waals surface area contributed by atoms with Crippen molar-refractivity contribution >= 4 is 28.5 Å². The molecule has 2 nitrogen and oxygen atoms in total. The second kappa shape index (κ2) is 6.40. The highest BCUT2D eigenvalue weighted by molar-refractivity contribution is 8.13. The molecule has 0 radical (unpaired) electrons. The molecule has 3 unspecified atom stereocenters. The average Bonchev–Trinajstić information content (AvgIpc) is 2.47. The lowest BCUT2D eigenvalue weighted by Gasteiger charge is -2.33. The number of hydrogen-bond acceptors (Lipinski definition) is 3. The summed E-state index contributed by atoms with van der Waals surface area (Å²) in [4.78, 5) is 4.92. The van der Waals surface area contributed by atoms with E-state index < -0.39 is 0 Å². The molecule has 1 aliphatic carbocycles. The highest BCUT2D eigenvalue weighted by atomic mass is 35.5. The second-order valence-corrected chi connectivity index (χ2v) is 7.16. The molecule has 0 aromatic heterocycles. The zero-order valence-corrected chi connectivity index (χ0v) is 13.4. The van der Waals surface area contributed by atoms with E-state index in [0.717, 1.165) is 21.7 Å². The molecule has 0 bridgehead atoms. The summed E-state index contributed by atoms with van der Waals surface area (Å²) in [7, 11) is 0. The molecule has 0 spiro atoms. The van der Waals surface area contributed by atoms with Gasteiger partial charge in [-0.2, -0.15) is 0 Å². The molecule has 1 heterocycles. The SMILES string of the molecule is CC(NC1=NC2CCCCC2CS1)c1ccccc1Cl. The van der Waals surface area contributed by atoms with E-state index in [2.05, 4.69) is 18.3 Å². The molecule has 1 fully saturated rings. The number of nitrogens with zero attached hydrogens (tertiary/aromatic N) is 1. The lowest BCUT2D eigenvalue weighted by atomic mass is 9.86. The lowest BCUT2D eigenvalue weighted by Crippen LogP contribution is -2.35. The van der Waals surface area contributed by atoms with Crippen LogP contribution in [-0.4, -0.2) is 17.0 Å². The van der Waals surface area contributed by atoms with Crippen molar-refractivity contribution < 1.29 is 0 Å². The number of hydrogen-bond donors (Lipinski definition) is 1. The van der Waals surface area contributed by atoms with Crippen molar-refractivity contribution in [3.63, 3.8) is 0 Å². The van der Waals surface area contributed by atoms with Gasteiger partial charge in [0.15, 0.2) is 5.17 Å². The largest absolute Gasteiger partial charge is 0.358 e. The Bertz CT molecular complexity index is 503. The summed E-state index contributed by atoms with van der Waals surface area (Å²) in [6.07, 6.45) is 5.34. The van der Waals surface area contributed by atoms with Gasteiger partial charge in [0.05, 0.1) is 12.1 Å². The topological polar surface area (TPSA) is 24.4 Å². The second-order valence-electron chi connectivity index (χ2n) is 5.74. The minimum Gasteiger partial charge on any atom is -0.358 e. The summed E-state index contributed by atoms with van der Waals surface area (Å²) >= 11 is 8.13. The Morgan fingerprint density at radius 2 is 2.10 bits per heavy atom. The number of benzene rings is 1. The van der Waals surface area contributed by atoms with Gasteiger partial charge in [0, 0.05) is 10.8 Å². The number of rotatable bonds is 2. The van der Waals surface area contributed by atoms with Crippen LogP contribution >= 0.6 is 23.4 Å². The first-order valence-electron chi connectivity index (χ1n) is 7.45. The van der Waals surface area contributed by atoms with E-state index in [1.165, 1.54) is 31.4 Å². The first-order valence-corrected chi connectivity index (χ1v) is 8.82. The Labute approximate surface area is 130 Å². The van der Waals surface area contributed by atoms with Crippen LogP contribution in [0.3, 0.4) is 0 Å². The predicted octanol–water partition coefficient (Wildman–Crippen LogP) is 4.65. The van der Waals surface area contributed by atoms with E-state index in [0.29, 0.717) is 6.04 Å². The first-order chi connectivity index (χ1) is 9.74. The van der Waals surface area contributed by atoms with E-state index in [-0.39, 0.29) is 6.04 Å². The highest BCUT2D eigenvalue weighted by Crippen LogP contribution is 2.34. The minimum atomic E-state index is 0.204. The molecule has 0 amide bonds. The lowest BCUT2D eigenvalue weighted by molar-refractivity contribution is 0.335. The molecule has 0 saturated heterocycles. The van der Waals surface area contributed by atoms with Gasteiger partial charge in [0.1, 0.15) is 0 Å². The van der Waals surface area contributed by atoms with Crippen LogP contribution in [0, 0.1) is 5.92 Å². The Balaban J connectivity index is 1.68. The Kier molecular flexibility index (Phi) is 4.57. The van der Waals surface area contributed by atoms with Crippen LogP contribution in [0.15, 0.2) is 29.3 Å². The fraction of sp³-hybridized carbons (Fsp3) is 0.562. The Morgan fingerprint density at radius 3 is 2.95 bits per heavy atom. The maximum absolute atomic E-state index is 6.26. The summed E-state index contributed by atoms with van der Waals surface area (Å²) in [5, 5.41) is 5.46. The highest BCUT2D eigenvalue weighted by Gasteiger charge is 2.29. The van der Waals surface area contributed by atoms with Crippen molar-refractivity contribution in [3.05, 3.63) is 34.9 Å². The Morgan fingerprint density at radius 1 is 1.30 bits per heavy atom. The molecule has 4 heteroatoms. The average molecular weight is 309 g/mol. The summed E-state index contributed by atoms with van der Waals surface area (Å²) in [5.41, 5.74) is 1.14. The van der Waals surface area contributed by atoms with Gasteiger partial charge in [-0.1, -0.05) is 54.4 Å². The van der Waals surface area contributed by atoms with Gasteiger partial charge in [-0.05, 0) is 37.3 Å². The van der Waals surface area contributed by atoms with Crippen LogP contribution in [0.5, 0.6) is 0 Å². The van der Waals surface area contributed by atoms with E-state index in [1.807, 2.05) is 30.0 Å². The zero-order valence-electron chi connectivity index (χ0n) is 11.8. The summed E-state index contributed by atoms with van der Waals surface area (Å²) in [6, 6.07) is 8.78. The van der Waals surface area contributed by atoms with Gasteiger partial charge < -0.3 is 5.32 Å². The third kappa shape index (κ3) is 3.15. The number of thioether (sulfide) groups is 1. The maximum atomic E-state index is 6.26. The first kappa shape index (κ1) is 14.3. The number of halogens is 1. The Hall–Kier alpha value is -0.670. The fourth-order valence-electron chi connectivity index (χ4n) is 3.09. The number of nitrogens with one attached hydrogen (secondary N) is 1. The number of fused-ring (bicyclic) bond motifs is 1. The van der Waals surface area contributed by atoms with E-state index in [9.17, 15) is 0 Å². The third-order valence-corrected chi connectivity index (χ3v) is 5.73. The van der Waals surface area contributed by atoms with Gasteiger partial charge in [-0.25, -0.2) is 0 Å². The van der Waals surface area contributed by atoms with Crippen LogP contribution in [-0.2, 0) is 0 Å². The van der Waals surface area contributed by atoms with Gasteiger partial charge in [-0.15, -0.1) is 0 Å². The van der Waals surface area contributed by atoms with Crippen LogP contribution in [0.25, 0.3) is 0 Å². The van der Waals surface area contributed by atoms with Crippen molar-refractivity contribution in [2.45, 2.75) is 44.7 Å². The number of aliphatic imine (C=N–C) groups is 1. The molecule has 2 aliphatic rings.